The van der Waals surface area contributed by atoms with E-state index in [1.54, 1.807) is 7.05 Å². The minimum atomic E-state index is -3.47. The van der Waals surface area contributed by atoms with Crippen LogP contribution in [0.2, 0.25) is 0 Å². The Kier molecular flexibility index (Phi) is 4.85. The molecule has 1 aromatic heterocycles. The zero-order valence-electron chi connectivity index (χ0n) is 14.8. The van der Waals surface area contributed by atoms with Crippen molar-refractivity contribution in [2.45, 2.75) is 45.6 Å². The van der Waals surface area contributed by atoms with Gasteiger partial charge in [-0.2, -0.15) is 22.4 Å². The van der Waals surface area contributed by atoms with Gasteiger partial charge in [-0.15, -0.1) is 0 Å². The Morgan fingerprint density at radius 1 is 1.38 bits per heavy atom. The van der Waals surface area contributed by atoms with E-state index in [1.807, 2.05) is 11.8 Å². The van der Waals surface area contributed by atoms with Gasteiger partial charge in [0.05, 0.1) is 0 Å². The van der Waals surface area contributed by atoms with Gasteiger partial charge in [0.25, 0.3) is 16.2 Å². The molecule has 8 nitrogen and oxygen atoms in total. The molecular weight excluding hydrogens is 330 g/mol. The Hall–Kier alpha value is -1.19. The van der Waals surface area contributed by atoms with Crippen molar-refractivity contribution < 1.29 is 12.9 Å². The van der Waals surface area contributed by atoms with Gasteiger partial charge >= 0.3 is 0 Å². The minimum Gasteiger partial charge on any atom is -0.337 e. The van der Waals surface area contributed by atoms with Gasteiger partial charge in [-0.25, -0.2) is 0 Å². The van der Waals surface area contributed by atoms with Crippen LogP contribution in [0.5, 0.6) is 0 Å². The Morgan fingerprint density at radius 2 is 2.08 bits per heavy atom. The van der Waals surface area contributed by atoms with Crippen LogP contribution in [0.25, 0.3) is 0 Å². The van der Waals surface area contributed by atoms with Crippen molar-refractivity contribution in [1.82, 2.24) is 19.2 Å². The lowest BCUT2D eigenvalue weighted by Gasteiger charge is -2.25. The molecule has 1 aromatic rings. The molecule has 0 bridgehead atoms. The van der Waals surface area contributed by atoms with E-state index in [9.17, 15) is 8.42 Å². The number of nitrogens with zero attached hydrogens (tertiary/aromatic N) is 4. The van der Waals surface area contributed by atoms with Gasteiger partial charge in [0.2, 0.25) is 5.89 Å². The first kappa shape index (κ1) is 17.6. The van der Waals surface area contributed by atoms with Crippen LogP contribution in [0.1, 0.15) is 45.4 Å². The lowest BCUT2D eigenvalue weighted by Crippen LogP contribution is -2.47. The van der Waals surface area contributed by atoms with Crippen molar-refractivity contribution in [3.8, 4) is 0 Å². The summed E-state index contributed by atoms with van der Waals surface area (Å²) in [7, 11) is -1.89. The maximum absolute atomic E-state index is 12.4. The van der Waals surface area contributed by atoms with Gasteiger partial charge in [0, 0.05) is 38.6 Å². The van der Waals surface area contributed by atoms with Crippen molar-refractivity contribution in [2.75, 3.05) is 31.6 Å². The summed E-state index contributed by atoms with van der Waals surface area (Å²) in [6.07, 6.45) is 2.23. The molecule has 1 aliphatic heterocycles. The average molecular weight is 357 g/mol. The van der Waals surface area contributed by atoms with Crippen molar-refractivity contribution in [1.29, 1.82) is 0 Å². The van der Waals surface area contributed by atoms with Gasteiger partial charge in [-0.05, 0) is 29.8 Å². The molecule has 3 rings (SSSR count). The predicted octanol–water partition coefficient (Wildman–Crippen LogP) is 1.19. The van der Waals surface area contributed by atoms with Crippen LogP contribution >= 0.6 is 0 Å². The molecule has 0 radical (unpaired) electrons. The predicted molar refractivity (Wildman–Crippen MR) is 91.0 cm³/mol. The highest BCUT2D eigenvalue weighted by Gasteiger charge is 2.40. The quantitative estimate of drug-likeness (QED) is 0.788. The Morgan fingerprint density at radius 3 is 2.67 bits per heavy atom. The first-order valence-electron chi connectivity index (χ1n) is 8.64. The van der Waals surface area contributed by atoms with Gasteiger partial charge in [-0.1, -0.05) is 20.8 Å². The molecule has 9 heteroatoms. The Labute approximate surface area is 143 Å². The fraction of sp³-hybridized carbons (Fsp3) is 0.867. The van der Waals surface area contributed by atoms with E-state index in [-0.39, 0.29) is 12.0 Å². The molecule has 2 heterocycles. The van der Waals surface area contributed by atoms with Crippen LogP contribution < -0.4 is 9.62 Å². The van der Waals surface area contributed by atoms with E-state index in [0.717, 1.165) is 19.4 Å². The van der Waals surface area contributed by atoms with Crippen LogP contribution in [0.3, 0.4) is 0 Å². The number of nitrogens with one attached hydrogen (secondary N) is 1. The van der Waals surface area contributed by atoms with Gasteiger partial charge in [0.15, 0.2) is 0 Å². The highest BCUT2D eigenvalue weighted by Crippen LogP contribution is 2.40. The number of hydrogen-bond donors (Lipinski definition) is 1. The van der Waals surface area contributed by atoms with Crippen molar-refractivity contribution in [2.24, 2.45) is 11.8 Å². The highest BCUT2D eigenvalue weighted by molar-refractivity contribution is 7.87. The molecule has 0 amide bonds. The van der Waals surface area contributed by atoms with Gasteiger partial charge in [-0.3, -0.25) is 0 Å². The Balaban J connectivity index is 1.73. The molecule has 2 aliphatic rings. The summed E-state index contributed by atoms with van der Waals surface area (Å²) >= 11 is 0. The second kappa shape index (κ2) is 6.61. The second-order valence-corrected chi connectivity index (χ2v) is 8.97. The molecule has 1 aliphatic carbocycles. The minimum absolute atomic E-state index is 0.160. The maximum Gasteiger partial charge on any atom is 0.279 e. The van der Waals surface area contributed by atoms with Crippen LogP contribution in [0.4, 0.5) is 5.95 Å². The van der Waals surface area contributed by atoms with E-state index in [0.29, 0.717) is 36.8 Å². The summed E-state index contributed by atoms with van der Waals surface area (Å²) in [5, 5.41) is 4.09. The number of rotatable bonds is 7. The van der Waals surface area contributed by atoms with E-state index in [1.165, 1.54) is 4.31 Å². The van der Waals surface area contributed by atoms with Crippen LogP contribution in [0, 0.1) is 11.8 Å². The standard InChI is InChI=1S/C15H27N5O3S/c1-5-19(4)24(21,22)18-13-9-20(8-12(13)10(2)3)15-16-14(23-17-15)11-6-7-11/h10-13,18H,5-9H2,1-4H3/t12-,13+/m1/s1. The third kappa shape index (κ3) is 3.57. The molecule has 0 spiro atoms. The largest absolute Gasteiger partial charge is 0.337 e. The molecule has 2 atom stereocenters. The van der Waals surface area contributed by atoms with Gasteiger partial charge < -0.3 is 9.42 Å². The van der Waals surface area contributed by atoms with E-state index in [4.69, 9.17) is 4.52 Å². The summed E-state index contributed by atoms with van der Waals surface area (Å²) in [4.78, 5) is 6.52. The molecule has 1 saturated carbocycles. The summed E-state index contributed by atoms with van der Waals surface area (Å²) in [5.41, 5.74) is 0. The third-order valence-electron chi connectivity index (χ3n) is 5.02. The monoisotopic (exact) mass is 357 g/mol. The molecule has 1 N–H and O–H groups in total. The molecule has 136 valence electrons. The van der Waals surface area contributed by atoms with Crippen molar-refractivity contribution >= 4 is 16.2 Å². The zero-order chi connectivity index (χ0) is 17.5. The molecule has 0 unspecified atom stereocenters. The number of hydrogen-bond acceptors (Lipinski definition) is 6. The fourth-order valence-corrected chi connectivity index (χ4v) is 4.25. The number of aromatic nitrogens is 2. The average Bonchev–Trinajstić information content (AvgIpc) is 3.10. The topological polar surface area (TPSA) is 91.6 Å². The normalized spacial score (nSPS) is 25.2. The molecule has 0 aromatic carbocycles. The molecule has 24 heavy (non-hydrogen) atoms. The summed E-state index contributed by atoms with van der Waals surface area (Å²) in [5.74, 6) is 2.26. The van der Waals surface area contributed by atoms with E-state index >= 15 is 0 Å². The molecule has 1 saturated heterocycles. The van der Waals surface area contributed by atoms with E-state index < -0.39 is 10.2 Å². The first-order chi connectivity index (χ1) is 11.3. The zero-order valence-corrected chi connectivity index (χ0v) is 15.6. The first-order valence-corrected chi connectivity index (χ1v) is 10.1. The van der Waals surface area contributed by atoms with Crippen molar-refractivity contribution in [3.05, 3.63) is 5.89 Å². The third-order valence-corrected chi connectivity index (χ3v) is 6.70. The van der Waals surface area contributed by atoms with Crippen LogP contribution in [0.15, 0.2) is 4.52 Å². The SMILES string of the molecule is CCN(C)S(=O)(=O)N[C@H]1CN(c2noc(C3CC3)n2)C[C@@H]1C(C)C. The number of anilines is 1. The summed E-state index contributed by atoms with van der Waals surface area (Å²) in [6, 6.07) is -0.160. The maximum atomic E-state index is 12.4. The lowest BCUT2D eigenvalue weighted by atomic mass is 9.92. The van der Waals surface area contributed by atoms with Gasteiger partial charge in [0.1, 0.15) is 0 Å². The smallest absolute Gasteiger partial charge is 0.279 e. The van der Waals surface area contributed by atoms with Crippen LogP contribution in [-0.4, -0.2) is 55.6 Å². The lowest BCUT2D eigenvalue weighted by molar-refractivity contribution is 0.356. The summed E-state index contributed by atoms with van der Waals surface area (Å²) in [6.45, 7) is 7.77. The second-order valence-electron chi connectivity index (χ2n) is 7.16. The molecular formula is C15H27N5O3S. The highest BCUT2D eigenvalue weighted by atomic mass is 32.2. The molecule has 2 fully saturated rings. The fourth-order valence-electron chi connectivity index (χ4n) is 3.10. The Bertz CT molecular complexity index is 670. The van der Waals surface area contributed by atoms with Crippen molar-refractivity contribution in [3.63, 3.8) is 0 Å². The van der Waals surface area contributed by atoms with Crippen LogP contribution in [-0.2, 0) is 10.2 Å². The summed E-state index contributed by atoms with van der Waals surface area (Å²) < 4.78 is 34.3. The van der Waals surface area contributed by atoms with E-state index in [2.05, 4.69) is 28.7 Å².